The average molecular weight is 348 g/mol. The summed E-state index contributed by atoms with van der Waals surface area (Å²) < 4.78 is 20.3. The molecule has 0 bridgehead atoms. The minimum absolute atomic E-state index is 0.0506. The maximum absolute atomic E-state index is 12.1. The fourth-order valence-corrected chi connectivity index (χ4v) is 1.64. The fourth-order valence-electron chi connectivity index (χ4n) is 1.64. The van der Waals surface area contributed by atoms with Crippen molar-refractivity contribution < 1.29 is 33.6 Å². The number of hydrogen-bond donors (Lipinski definition) is 1. The zero-order valence-electron chi connectivity index (χ0n) is 15.9. The summed E-state index contributed by atoms with van der Waals surface area (Å²) in [5, 5.41) is 10.6. The highest BCUT2D eigenvalue weighted by atomic mass is 16.7. The lowest BCUT2D eigenvalue weighted by atomic mass is 9.90. The van der Waals surface area contributed by atoms with Crippen molar-refractivity contribution in [2.45, 2.75) is 65.6 Å². The van der Waals surface area contributed by atoms with E-state index in [1.54, 1.807) is 34.6 Å². The molecule has 0 aromatic heterocycles. The molecule has 0 saturated heterocycles. The highest BCUT2D eigenvalue weighted by Gasteiger charge is 2.36. The SMILES string of the molecule is CCC(C)(C)C(=O)OCC(O)(COCOC)CC(=O)OC(C)(C)C. The molecule has 0 radical (unpaired) electrons. The number of esters is 2. The molecular formula is C17H32O7. The van der Waals surface area contributed by atoms with E-state index in [4.69, 9.17) is 18.9 Å². The van der Waals surface area contributed by atoms with Crippen LogP contribution in [0.1, 0.15) is 54.4 Å². The van der Waals surface area contributed by atoms with E-state index >= 15 is 0 Å². The molecule has 0 aromatic rings. The minimum atomic E-state index is -1.68. The molecule has 0 rings (SSSR count). The van der Waals surface area contributed by atoms with Crippen LogP contribution >= 0.6 is 0 Å². The maximum atomic E-state index is 12.1. The molecule has 0 aromatic carbocycles. The third-order valence-corrected chi connectivity index (χ3v) is 3.37. The Hall–Kier alpha value is -1.18. The fraction of sp³-hybridized carbons (Fsp3) is 0.882. The van der Waals surface area contributed by atoms with Crippen molar-refractivity contribution in [1.29, 1.82) is 0 Å². The first-order chi connectivity index (χ1) is 10.9. The Morgan fingerprint density at radius 2 is 1.62 bits per heavy atom. The van der Waals surface area contributed by atoms with Crippen LogP contribution in [0.25, 0.3) is 0 Å². The van der Waals surface area contributed by atoms with Gasteiger partial charge >= 0.3 is 11.9 Å². The van der Waals surface area contributed by atoms with E-state index in [9.17, 15) is 14.7 Å². The van der Waals surface area contributed by atoms with Crippen LogP contribution in [0, 0.1) is 5.41 Å². The normalized spacial score (nSPS) is 14.8. The largest absolute Gasteiger partial charge is 0.462 e. The van der Waals surface area contributed by atoms with E-state index in [0.717, 1.165) is 0 Å². The van der Waals surface area contributed by atoms with Gasteiger partial charge in [-0.25, -0.2) is 0 Å². The summed E-state index contributed by atoms with van der Waals surface area (Å²) in [6, 6.07) is 0. The molecule has 0 amide bonds. The van der Waals surface area contributed by atoms with Gasteiger partial charge in [0.2, 0.25) is 0 Å². The molecule has 0 aliphatic carbocycles. The van der Waals surface area contributed by atoms with Gasteiger partial charge in [-0.2, -0.15) is 0 Å². The third kappa shape index (κ3) is 9.20. The molecule has 7 heteroatoms. The second-order valence-electron chi connectivity index (χ2n) is 7.56. The Bertz CT molecular complexity index is 412. The lowest BCUT2D eigenvalue weighted by Crippen LogP contribution is -2.45. The number of carbonyl (C=O) groups is 2. The monoisotopic (exact) mass is 348 g/mol. The van der Waals surface area contributed by atoms with Gasteiger partial charge in [0.1, 0.15) is 24.6 Å². The van der Waals surface area contributed by atoms with Crippen LogP contribution in [0.5, 0.6) is 0 Å². The van der Waals surface area contributed by atoms with Gasteiger partial charge in [0.25, 0.3) is 0 Å². The molecule has 24 heavy (non-hydrogen) atoms. The van der Waals surface area contributed by atoms with Gasteiger partial charge in [0.15, 0.2) is 0 Å². The molecule has 0 aliphatic rings. The van der Waals surface area contributed by atoms with E-state index in [1.165, 1.54) is 7.11 Å². The number of rotatable bonds is 10. The third-order valence-electron chi connectivity index (χ3n) is 3.37. The maximum Gasteiger partial charge on any atom is 0.311 e. The van der Waals surface area contributed by atoms with Crippen molar-refractivity contribution >= 4 is 11.9 Å². The number of hydrogen-bond acceptors (Lipinski definition) is 7. The quantitative estimate of drug-likeness (QED) is 0.367. The van der Waals surface area contributed by atoms with Crippen molar-refractivity contribution in [3.63, 3.8) is 0 Å². The summed E-state index contributed by atoms with van der Waals surface area (Å²) in [6.45, 7) is 9.94. The second kappa shape index (κ2) is 9.34. The average Bonchev–Trinajstić information content (AvgIpc) is 2.42. The highest BCUT2D eigenvalue weighted by Crippen LogP contribution is 2.23. The molecule has 0 aliphatic heterocycles. The van der Waals surface area contributed by atoms with Gasteiger partial charge in [0, 0.05) is 7.11 Å². The van der Waals surface area contributed by atoms with Crippen molar-refractivity contribution in [3.05, 3.63) is 0 Å². The topological polar surface area (TPSA) is 91.3 Å². The lowest BCUT2D eigenvalue weighted by Gasteiger charge is -2.30. The van der Waals surface area contributed by atoms with Gasteiger partial charge < -0.3 is 24.1 Å². The molecular weight excluding hydrogens is 316 g/mol. The number of ether oxygens (including phenoxy) is 4. The molecule has 0 fully saturated rings. The van der Waals surface area contributed by atoms with Gasteiger partial charge in [-0.05, 0) is 41.0 Å². The van der Waals surface area contributed by atoms with Crippen LogP contribution in [0.15, 0.2) is 0 Å². The van der Waals surface area contributed by atoms with Crippen LogP contribution in [-0.4, -0.2) is 55.4 Å². The standard InChI is InChI=1S/C17H32O7/c1-8-16(5,6)14(19)23-11-17(20,10-22-12-21-7)9-13(18)24-15(2,3)4/h20H,8-12H2,1-7H3. The lowest BCUT2D eigenvalue weighted by molar-refractivity contribution is -0.180. The van der Waals surface area contributed by atoms with E-state index in [0.29, 0.717) is 6.42 Å². The van der Waals surface area contributed by atoms with Gasteiger partial charge in [-0.1, -0.05) is 6.92 Å². The summed E-state index contributed by atoms with van der Waals surface area (Å²) in [6.07, 6.45) is 0.240. The van der Waals surface area contributed by atoms with Crippen LogP contribution < -0.4 is 0 Å². The van der Waals surface area contributed by atoms with E-state index < -0.39 is 28.6 Å². The Balaban J connectivity index is 4.87. The summed E-state index contributed by atoms with van der Waals surface area (Å²) in [5.74, 6) is -1.05. The molecule has 0 heterocycles. The molecule has 1 N–H and O–H groups in total. The number of carbonyl (C=O) groups excluding carboxylic acids is 2. The molecule has 142 valence electrons. The van der Waals surface area contributed by atoms with Crippen molar-refractivity contribution in [2.75, 3.05) is 27.1 Å². The number of aliphatic hydroxyl groups is 1. The van der Waals surface area contributed by atoms with Crippen molar-refractivity contribution in [3.8, 4) is 0 Å². The van der Waals surface area contributed by atoms with Crippen LogP contribution in [0.4, 0.5) is 0 Å². The smallest absolute Gasteiger partial charge is 0.311 e. The molecule has 1 atom stereocenters. The molecule has 1 unspecified atom stereocenters. The molecule has 0 saturated carbocycles. The Morgan fingerprint density at radius 1 is 1.04 bits per heavy atom. The van der Waals surface area contributed by atoms with Crippen LogP contribution in [0.3, 0.4) is 0 Å². The minimum Gasteiger partial charge on any atom is -0.462 e. The van der Waals surface area contributed by atoms with Gasteiger partial charge in [0.05, 0.1) is 18.4 Å². The molecule has 0 spiro atoms. The van der Waals surface area contributed by atoms with Crippen molar-refractivity contribution in [2.24, 2.45) is 5.41 Å². The Labute approximate surface area is 144 Å². The summed E-state index contributed by atoms with van der Waals surface area (Å²) >= 11 is 0. The summed E-state index contributed by atoms with van der Waals surface area (Å²) in [5.41, 5.74) is -3.02. The van der Waals surface area contributed by atoms with Gasteiger partial charge in [-0.15, -0.1) is 0 Å². The predicted molar refractivity (Wildman–Crippen MR) is 88.3 cm³/mol. The first kappa shape index (κ1) is 22.8. The first-order valence-corrected chi connectivity index (χ1v) is 8.03. The van der Waals surface area contributed by atoms with Crippen LogP contribution in [0.2, 0.25) is 0 Å². The van der Waals surface area contributed by atoms with E-state index in [1.807, 2.05) is 6.92 Å². The Morgan fingerprint density at radius 3 is 2.08 bits per heavy atom. The van der Waals surface area contributed by atoms with Gasteiger partial charge in [-0.3, -0.25) is 9.59 Å². The zero-order chi connectivity index (χ0) is 19.0. The van der Waals surface area contributed by atoms with E-state index in [2.05, 4.69) is 0 Å². The zero-order valence-corrected chi connectivity index (χ0v) is 15.9. The predicted octanol–water partition coefficient (Wildman–Crippen LogP) is 2.05. The second-order valence-corrected chi connectivity index (χ2v) is 7.56. The van der Waals surface area contributed by atoms with Crippen molar-refractivity contribution in [1.82, 2.24) is 0 Å². The molecule has 7 nitrogen and oxygen atoms in total. The highest BCUT2D eigenvalue weighted by molar-refractivity contribution is 5.76. The first-order valence-electron chi connectivity index (χ1n) is 8.03. The van der Waals surface area contributed by atoms with E-state index in [-0.39, 0.29) is 26.4 Å². The van der Waals surface area contributed by atoms with Crippen LogP contribution in [-0.2, 0) is 28.5 Å². The summed E-state index contributed by atoms with van der Waals surface area (Å²) in [7, 11) is 1.44. The Kier molecular flexibility index (Phi) is 8.88. The summed E-state index contributed by atoms with van der Waals surface area (Å²) in [4.78, 5) is 24.1. The number of methoxy groups -OCH3 is 1.